The van der Waals surface area contributed by atoms with E-state index in [0.29, 0.717) is 17.1 Å². The van der Waals surface area contributed by atoms with E-state index in [1.54, 1.807) is 18.7 Å². The van der Waals surface area contributed by atoms with Gasteiger partial charge in [-0.2, -0.15) is 5.10 Å². The number of hydrogen-bond acceptors (Lipinski definition) is 5. The summed E-state index contributed by atoms with van der Waals surface area (Å²) in [5.74, 6) is -0.577. The van der Waals surface area contributed by atoms with Gasteiger partial charge in [0.2, 0.25) is 5.91 Å². The van der Waals surface area contributed by atoms with Crippen molar-refractivity contribution in [3.8, 4) is 0 Å². The minimum Gasteiger partial charge on any atom is -0.366 e. The minimum atomic E-state index is -0.506. The number of aromatic amines is 1. The molecular weight excluding hydrogens is 368 g/mol. The predicted octanol–water partition coefficient (Wildman–Crippen LogP) is 0.866. The van der Waals surface area contributed by atoms with Crippen LogP contribution in [-0.2, 0) is 4.79 Å². The lowest BCUT2D eigenvalue weighted by atomic mass is 9.93. The molecule has 2 fully saturated rings. The molecule has 1 aromatic carbocycles. The van der Waals surface area contributed by atoms with Crippen LogP contribution >= 0.6 is 0 Å². The van der Waals surface area contributed by atoms with Gasteiger partial charge >= 0.3 is 0 Å². The van der Waals surface area contributed by atoms with Gasteiger partial charge in [-0.15, -0.1) is 0 Å². The second-order valence-corrected chi connectivity index (χ2v) is 8.06. The van der Waals surface area contributed by atoms with E-state index in [-0.39, 0.29) is 11.8 Å². The molecule has 4 rings (SSSR count). The molecule has 1 aromatic heterocycles. The van der Waals surface area contributed by atoms with Gasteiger partial charge in [-0.05, 0) is 49.5 Å². The van der Waals surface area contributed by atoms with Gasteiger partial charge < -0.3 is 16.0 Å². The van der Waals surface area contributed by atoms with E-state index < -0.39 is 5.91 Å². The smallest absolute Gasteiger partial charge is 0.250 e. The van der Waals surface area contributed by atoms with Crippen LogP contribution in [0.3, 0.4) is 0 Å². The van der Waals surface area contributed by atoms with Crippen LogP contribution in [0.15, 0.2) is 18.3 Å². The largest absolute Gasteiger partial charge is 0.366 e. The average molecular weight is 398 g/mol. The van der Waals surface area contributed by atoms with Crippen molar-refractivity contribution in [1.82, 2.24) is 25.3 Å². The van der Waals surface area contributed by atoms with E-state index in [4.69, 9.17) is 5.73 Å². The number of carbonyl (C=O) groups is 2. The Balaban J connectivity index is 1.37. The number of rotatable bonds is 5. The number of primary amides is 1. The number of H-pyrrole nitrogens is 1. The summed E-state index contributed by atoms with van der Waals surface area (Å²) in [6.45, 7) is 7.54. The van der Waals surface area contributed by atoms with Gasteiger partial charge in [0.25, 0.3) is 5.91 Å². The molecule has 0 aliphatic carbocycles. The van der Waals surface area contributed by atoms with Crippen molar-refractivity contribution in [3.05, 3.63) is 35.9 Å². The third-order valence-corrected chi connectivity index (χ3v) is 6.21. The van der Waals surface area contributed by atoms with E-state index in [0.717, 1.165) is 50.2 Å². The number of nitrogens with one attached hydrogen (secondary N) is 2. The number of aromatic nitrogens is 2. The highest BCUT2D eigenvalue weighted by molar-refractivity contribution is 6.05. The Morgan fingerprint density at radius 2 is 1.93 bits per heavy atom. The number of piperidine rings is 1. The molecule has 8 heteroatoms. The summed E-state index contributed by atoms with van der Waals surface area (Å²) in [7, 11) is 0. The fraction of sp³-hybridized carbons (Fsp3) is 0.524. The lowest BCUT2D eigenvalue weighted by Crippen LogP contribution is -2.54. The summed E-state index contributed by atoms with van der Waals surface area (Å²) in [4.78, 5) is 29.1. The van der Waals surface area contributed by atoms with Crippen LogP contribution in [0.4, 0.5) is 0 Å². The third-order valence-electron chi connectivity index (χ3n) is 6.21. The van der Waals surface area contributed by atoms with Gasteiger partial charge in [0.1, 0.15) is 0 Å². The van der Waals surface area contributed by atoms with Gasteiger partial charge in [0, 0.05) is 37.6 Å². The summed E-state index contributed by atoms with van der Waals surface area (Å²) >= 11 is 0. The van der Waals surface area contributed by atoms with E-state index in [1.807, 2.05) is 17.9 Å². The maximum atomic E-state index is 12.8. The van der Waals surface area contributed by atoms with Crippen molar-refractivity contribution in [2.45, 2.75) is 31.7 Å². The topological polar surface area (TPSA) is 107 Å². The Morgan fingerprint density at radius 1 is 1.21 bits per heavy atom. The van der Waals surface area contributed by atoms with Crippen LogP contribution in [0.2, 0.25) is 0 Å². The van der Waals surface area contributed by atoms with Crippen LogP contribution in [0.5, 0.6) is 0 Å². The van der Waals surface area contributed by atoms with E-state index in [2.05, 4.69) is 20.4 Å². The molecule has 1 atom stereocenters. The highest BCUT2D eigenvalue weighted by atomic mass is 16.2. The van der Waals surface area contributed by atoms with Crippen LogP contribution < -0.4 is 11.1 Å². The minimum absolute atomic E-state index is 0.0513. The molecule has 2 aliphatic heterocycles. The third kappa shape index (κ3) is 4.28. The molecule has 29 heavy (non-hydrogen) atoms. The molecule has 0 spiro atoms. The number of carbonyl (C=O) groups excluding carboxylic acids is 2. The quantitative estimate of drug-likeness (QED) is 0.694. The number of hydrogen-bond donors (Lipinski definition) is 3. The Kier molecular flexibility index (Phi) is 5.82. The van der Waals surface area contributed by atoms with E-state index in [9.17, 15) is 9.59 Å². The number of nitrogens with zero attached hydrogens (tertiary/aromatic N) is 3. The second-order valence-electron chi connectivity index (χ2n) is 8.06. The number of piperazine rings is 1. The summed E-state index contributed by atoms with van der Waals surface area (Å²) in [6.07, 6.45) is 5.79. The maximum absolute atomic E-state index is 12.8. The van der Waals surface area contributed by atoms with Crippen molar-refractivity contribution >= 4 is 22.7 Å². The number of fused-ring (bicyclic) bond motifs is 1. The highest BCUT2D eigenvalue weighted by Crippen LogP contribution is 2.26. The molecule has 1 unspecified atom stereocenters. The second kappa shape index (κ2) is 8.51. The number of benzene rings is 1. The lowest BCUT2D eigenvalue weighted by Gasteiger charge is -2.41. The van der Waals surface area contributed by atoms with Crippen molar-refractivity contribution < 1.29 is 9.59 Å². The Hall–Kier alpha value is -2.45. The molecule has 2 amide bonds. The Labute approximate surface area is 170 Å². The SMILES string of the molecule is CC([CH]C(=O)N1CCN(C2CCNCC2)CC1)c1cc(C(N)=O)c2[nH]ncc2c1. The summed E-state index contributed by atoms with van der Waals surface area (Å²) in [5, 5.41) is 11.0. The molecule has 155 valence electrons. The van der Waals surface area contributed by atoms with Crippen LogP contribution in [0.25, 0.3) is 10.9 Å². The zero-order chi connectivity index (χ0) is 20.4. The molecule has 8 nitrogen and oxygen atoms in total. The van der Waals surface area contributed by atoms with Crippen LogP contribution in [-0.4, -0.2) is 77.1 Å². The van der Waals surface area contributed by atoms with Gasteiger partial charge in [0.05, 0.1) is 23.7 Å². The zero-order valence-electron chi connectivity index (χ0n) is 16.9. The normalized spacial score (nSPS) is 20.1. The molecule has 2 aliphatic rings. The first-order chi connectivity index (χ1) is 14.0. The van der Waals surface area contributed by atoms with Crippen LogP contribution in [0.1, 0.15) is 41.6 Å². The standard InChI is InChI=1S/C21H29N6O2/c1-14(15-11-16-13-24-25-20(16)18(12-15)21(22)29)10-19(28)27-8-6-26(7-9-27)17-2-4-23-5-3-17/h10-14,17,23H,2-9H2,1H3,(H2,22,29)(H,24,25). The molecule has 2 aromatic rings. The van der Waals surface area contributed by atoms with Gasteiger partial charge in [-0.3, -0.25) is 19.6 Å². The summed E-state index contributed by atoms with van der Waals surface area (Å²) in [5.41, 5.74) is 7.44. The van der Waals surface area contributed by atoms with Gasteiger partial charge in [-0.1, -0.05) is 6.92 Å². The van der Waals surface area contributed by atoms with Crippen molar-refractivity contribution in [1.29, 1.82) is 0 Å². The fourth-order valence-electron chi connectivity index (χ4n) is 4.43. The number of amides is 2. The first-order valence-corrected chi connectivity index (χ1v) is 10.4. The van der Waals surface area contributed by atoms with Gasteiger partial charge in [0.15, 0.2) is 0 Å². The molecule has 4 N–H and O–H groups in total. The molecule has 1 radical (unpaired) electrons. The molecule has 2 saturated heterocycles. The van der Waals surface area contributed by atoms with Crippen molar-refractivity contribution in [2.24, 2.45) is 5.73 Å². The van der Waals surface area contributed by atoms with Crippen LogP contribution in [0, 0.1) is 6.42 Å². The lowest BCUT2D eigenvalue weighted by molar-refractivity contribution is -0.130. The summed E-state index contributed by atoms with van der Waals surface area (Å²) < 4.78 is 0. The molecular formula is C21H29N6O2. The highest BCUT2D eigenvalue weighted by Gasteiger charge is 2.28. The Morgan fingerprint density at radius 3 is 2.62 bits per heavy atom. The maximum Gasteiger partial charge on any atom is 0.250 e. The average Bonchev–Trinajstić information content (AvgIpc) is 3.22. The summed E-state index contributed by atoms with van der Waals surface area (Å²) in [6, 6.07) is 4.35. The van der Waals surface area contributed by atoms with E-state index >= 15 is 0 Å². The zero-order valence-corrected chi connectivity index (χ0v) is 16.9. The van der Waals surface area contributed by atoms with E-state index in [1.165, 1.54) is 12.8 Å². The molecule has 3 heterocycles. The predicted molar refractivity (Wildman–Crippen MR) is 111 cm³/mol. The first-order valence-electron chi connectivity index (χ1n) is 10.4. The molecule has 0 bridgehead atoms. The van der Waals surface area contributed by atoms with Crippen molar-refractivity contribution in [2.75, 3.05) is 39.3 Å². The molecule has 0 saturated carbocycles. The Bertz CT molecular complexity index is 880. The van der Waals surface area contributed by atoms with Crippen molar-refractivity contribution in [3.63, 3.8) is 0 Å². The van der Waals surface area contributed by atoms with Gasteiger partial charge in [-0.25, -0.2) is 0 Å². The first kappa shape index (κ1) is 19.8. The number of nitrogens with two attached hydrogens (primary N) is 1. The fourth-order valence-corrected chi connectivity index (χ4v) is 4.43. The monoisotopic (exact) mass is 397 g/mol.